The Hall–Kier alpha value is -2.30. The Morgan fingerprint density at radius 1 is 1.05 bits per heavy atom. The van der Waals surface area contributed by atoms with Gasteiger partial charge in [0, 0.05) is 0 Å². The number of nitrogens with zero attached hydrogens (tertiary/aromatic N) is 2. The van der Waals surface area contributed by atoms with Crippen LogP contribution in [0, 0.1) is 0 Å². The maximum absolute atomic E-state index is 5.15. The summed E-state index contributed by atoms with van der Waals surface area (Å²) < 4.78 is 10.3. The lowest BCUT2D eigenvalue weighted by Crippen LogP contribution is -2.12. The summed E-state index contributed by atoms with van der Waals surface area (Å²) in [6, 6.07) is 12.0. The average Bonchev–Trinajstić information content (AvgIpc) is 2.53. The van der Waals surface area contributed by atoms with Crippen LogP contribution in [0.1, 0.15) is 24.9 Å². The predicted octanol–water partition coefficient (Wildman–Crippen LogP) is 3.06. The van der Waals surface area contributed by atoms with E-state index < -0.39 is 0 Å². The van der Waals surface area contributed by atoms with Crippen LogP contribution in [0.3, 0.4) is 0 Å². The Balaban J connectivity index is 2.23. The molecule has 20 heavy (non-hydrogen) atoms. The first kappa shape index (κ1) is 14.1. The van der Waals surface area contributed by atoms with E-state index >= 15 is 0 Å². The minimum absolute atomic E-state index is 0.146. The Bertz CT molecular complexity index is 524. The van der Waals surface area contributed by atoms with Crippen LogP contribution < -0.4 is 14.8 Å². The molecule has 1 aromatic carbocycles. The van der Waals surface area contributed by atoms with Crippen molar-refractivity contribution < 1.29 is 9.47 Å². The molecular formula is C15H19N3O2. The number of methoxy groups -OCH3 is 2. The van der Waals surface area contributed by atoms with E-state index in [4.69, 9.17) is 9.47 Å². The van der Waals surface area contributed by atoms with Gasteiger partial charge >= 0.3 is 0 Å². The third kappa shape index (κ3) is 3.38. The number of hydrogen-bond donors (Lipinski definition) is 1. The summed E-state index contributed by atoms with van der Waals surface area (Å²) in [7, 11) is 3.14. The predicted molar refractivity (Wildman–Crippen MR) is 78.2 cm³/mol. The monoisotopic (exact) mass is 273 g/mol. The van der Waals surface area contributed by atoms with Crippen molar-refractivity contribution in [2.24, 2.45) is 0 Å². The lowest BCUT2D eigenvalue weighted by atomic mass is 10.1. The highest BCUT2D eigenvalue weighted by Crippen LogP contribution is 2.23. The number of nitrogens with one attached hydrogen (secondary N) is 1. The molecule has 0 radical (unpaired) electrons. The molecule has 106 valence electrons. The standard InChI is InChI=1S/C15H19N3O2/c1-4-12(11-8-6-5-7-9-11)16-15-17-13(19-2)10-14(18-15)20-3/h5-10,12H,4H2,1-3H3,(H,16,17,18). The fraction of sp³-hybridized carbons (Fsp3) is 0.333. The largest absolute Gasteiger partial charge is 0.481 e. The molecule has 1 unspecified atom stereocenters. The van der Waals surface area contributed by atoms with Gasteiger partial charge in [0.1, 0.15) is 0 Å². The highest BCUT2D eigenvalue weighted by molar-refractivity contribution is 5.37. The molecule has 5 nitrogen and oxygen atoms in total. The molecule has 0 saturated carbocycles. The summed E-state index contributed by atoms with van der Waals surface area (Å²) in [5.74, 6) is 1.45. The van der Waals surface area contributed by atoms with Crippen LogP contribution in [-0.4, -0.2) is 24.2 Å². The summed E-state index contributed by atoms with van der Waals surface area (Å²) in [5.41, 5.74) is 1.19. The van der Waals surface area contributed by atoms with E-state index in [1.165, 1.54) is 5.56 Å². The number of anilines is 1. The molecule has 2 rings (SSSR count). The molecular weight excluding hydrogens is 254 g/mol. The molecule has 0 aliphatic heterocycles. The minimum Gasteiger partial charge on any atom is -0.481 e. The van der Waals surface area contributed by atoms with E-state index in [2.05, 4.69) is 34.3 Å². The maximum atomic E-state index is 5.15. The number of aromatic nitrogens is 2. The van der Waals surface area contributed by atoms with Crippen LogP contribution in [0.4, 0.5) is 5.95 Å². The number of benzene rings is 1. The second-order valence-corrected chi connectivity index (χ2v) is 4.29. The maximum Gasteiger partial charge on any atom is 0.229 e. The van der Waals surface area contributed by atoms with Gasteiger partial charge in [0.05, 0.1) is 26.3 Å². The second kappa shape index (κ2) is 6.75. The molecule has 1 aromatic heterocycles. The average molecular weight is 273 g/mol. The molecule has 5 heteroatoms. The second-order valence-electron chi connectivity index (χ2n) is 4.29. The van der Waals surface area contributed by atoms with E-state index in [1.54, 1.807) is 20.3 Å². The molecule has 0 saturated heterocycles. The van der Waals surface area contributed by atoms with Crippen molar-refractivity contribution in [2.45, 2.75) is 19.4 Å². The first-order valence-electron chi connectivity index (χ1n) is 6.55. The Kier molecular flexibility index (Phi) is 4.76. The van der Waals surface area contributed by atoms with Crippen molar-refractivity contribution in [3.63, 3.8) is 0 Å². The summed E-state index contributed by atoms with van der Waals surface area (Å²) >= 11 is 0. The molecule has 1 atom stereocenters. The topological polar surface area (TPSA) is 56.3 Å². The van der Waals surface area contributed by atoms with Crippen LogP contribution >= 0.6 is 0 Å². The van der Waals surface area contributed by atoms with Crippen LogP contribution in [-0.2, 0) is 0 Å². The lowest BCUT2D eigenvalue weighted by Gasteiger charge is -2.18. The van der Waals surface area contributed by atoms with E-state index in [0.29, 0.717) is 17.7 Å². The zero-order valence-electron chi connectivity index (χ0n) is 12.0. The summed E-state index contributed by atoms with van der Waals surface area (Å²) in [6.07, 6.45) is 0.924. The molecule has 0 fully saturated rings. The smallest absolute Gasteiger partial charge is 0.229 e. The van der Waals surface area contributed by atoms with Gasteiger partial charge in [-0.15, -0.1) is 0 Å². The fourth-order valence-corrected chi connectivity index (χ4v) is 1.94. The number of ether oxygens (including phenoxy) is 2. The normalized spacial score (nSPS) is 11.8. The van der Waals surface area contributed by atoms with Crippen LogP contribution in [0.15, 0.2) is 36.4 Å². The van der Waals surface area contributed by atoms with E-state index in [9.17, 15) is 0 Å². The molecule has 2 aromatic rings. The van der Waals surface area contributed by atoms with Gasteiger partial charge in [-0.05, 0) is 12.0 Å². The SMILES string of the molecule is CCC(Nc1nc(OC)cc(OC)n1)c1ccccc1. The van der Waals surface area contributed by atoms with Gasteiger partial charge in [-0.2, -0.15) is 9.97 Å². The lowest BCUT2D eigenvalue weighted by molar-refractivity contribution is 0.372. The summed E-state index contributed by atoms with van der Waals surface area (Å²) in [5, 5.41) is 3.31. The Labute approximate surface area is 119 Å². The van der Waals surface area contributed by atoms with Crippen molar-refractivity contribution in [2.75, 3.05) is 19.5 Å². The van der Waals surface area contributed by atoms with Gasteiger partial charge in [-0.3, -0.25) is 0 Å². The molecule has 1 heterocycles. The molecule has 0 amide bonds. The van der Waals surface area contributed by atoms with E-state index in [0.717, 1.165) is 6.42 Å². The number of hydrogen-bond acceptors (Lipinski definition) is 5. The molecule has 0 aliphatic rings. The van der Waals surface area contributed by atoms with Gasteiger partial charge in [-0.1, -0.05) is 37.3 Å². The number of rotatable bonds is 6. The summed E-state index contributed by atoms with van der Waals surface area (Å²) in [6.45, 7) is 2.11. The minimum atomic E-state index is 0.146. The van der Waals surface area contributed by atoms with Gasteiger partial charge in [0.25, 0.3) is 0 Å². The zero-order valence-corrected chi connectivity index (χ0v) is 12.0. The molecule has 0 bridgehead atoms. The summed E-state index contributed by atoms with van der Waals surface area (Å²) in [4.78, 5) is 8.58. The van der Waals surface area contributed by atoms with Crippen molar-refractivity contribution in [3.8, 4) is 11.8 Å². The quantitative estimate of drug-likeness (QED) is 0.876. The van der Waals surface area contributed by atoms with Gasteiger partial charge in [0.15, 0.2) is 0 Å². The van der Waals surface area contributed by atoms with Crippen molar-refractivity contribution in [3.05, 3.63) is 42.0 Å². The Morgan fingerprint density at radius 2 is 1.65 bits per heavy atom. The van der Waals surface area contributed by atoms with Crippen molar-refractivity contribution in [1.82, 2.24) is 9.97 Å². The van der Waals surface area contributed by atoms with Gasteiger partial charge < -0.3 is 14.8 Å². The molecule has 1 N–H and O–H groups in total. The highest BCUT2D eigenvalue weighted by Gasteiger charge is 2.12. The Morgan fingerprint density at radius 3 is 2.15 bits per heavy atom. The van der Waals surface area contributed by atoms with Crippen LogP contribution in [0.2, 0.25) is 0 Å². The molecule has 0 spiro atoms. The van der Waals surface area contributed by atoms with Gasteiger partial charge in [0.2, 0.25) is 17.7 Å². The van der Waals surface area contributed by atoms with Gasteiger partial charge in [-0.25, -0.2) is 0 Å². The van der Waals surface area contributed by atoms with Crippen LogP contribution in [0.25, 0.3) is 0 Å². The van der Waals surface area contributed by atoms with E-state index in [1.807, 2.05) is 18.2 Å². The first-order chi connectivity index (χ1) is 9.76. The first-order valence-corrected chi connectivity index (χ1v) is 6.55. The third-order valence-corrected chi connectivity index (χ3v) is 3.01. The fourth-order valence-electron chi connectivity index (χ4n) is 1.94. The van der Waals surface area contributed by atoms with E-state index in [-0.39, 0.29) is 6.04 Å². The zero-order chi connectivity index (χ0) is 14.4. The van der Waals surface area contributed by atoms with Crippen molar-refractivity contribution in [1.29, 1.82) is 0 Å². The highest BCUT2D eigenvalue weighted by atomic mass is 16.5. The van der Waals surface area contributed by atoms with Crippen LogP contribution in [0.5, 0.6) is 11.8 Å². The third-order valence-electron chi connectivity index (χ3n) is 3.01. The molecule has 0 aliphatic carbocycles. The van der Waals surface area contributed by atoms with Crippen molar-refractivity contribution >= 4 is 5.95 Å².